The van der Waals surface area contributed by atoms with Crippen LogP contribution in [0.4, 0.5) is 11.4 Å². The molecule has 100 valence electrons. The van der Waals surface area contributed by atoms with Crippen molar-refractivity contribution in [2.24, 2.45) is 5.14 Å². The first kappa shape index (κ1) is 14.4. The van der Waals surface area contributed by atoms with Crippen LogP contribution in [0.15, 0.2) is 18.2 Å². The fourth-order valence-corrected chi connectivity index (χ4v) is 1.97. The second-order valence-corrected chi connectivity index (χ2v) is 5.64. The lowest BCUT2D eigenvalue weighted by Gasteiger charge is -2.06. The molecule has 0 unspecified atom stereocenters. The highest BCUT2D eigenvalue weighted by Crippen LogP contribution is 2.22. The van der Waals surface area contributed by atoms with Crippen LogP contribution in [0.25, 0.3) is 0 Å². The maximum Gasteiger partial charge on any atom is 0.274 e. The van der Waals surface area contributed by atoms with E-state index < -0.39 is 14.9 Å². The molecule has 0 amide bonds. The van der Waals surface area contributed by atoms with Crippen LogP contribution in [0.1, 0.15) is 12.0 Å². The summed E-state index contributed by atoms with van der Waals surface area (Å²) in [5, 5.41) is 18.5. The smallest absolute Gasteiger partial charge is 0.274 e. The van der Waals surface area contributed by atoms with E-state index in [4.69, 9.17) is 5.14 Å². The van der Waals surface area contributed by atoms with Crippen molar-refractivity contribution in [3.05, 3.63) is 33.9 Å². The van der Waals surface area contributed by atoms with Gasteiger partial charge in [0.2, 0.25) is 10.0 Å². The van der Waals surface area contributed by atoms with Gasteiger partial charge in [0.15, 0.2) is 0 Å². The Kier molecular flexibility index (Phi) is 4.62. The summed E-state index contributed by atoms with van der Waals surface area (Å²) < 4.78 is 21.4. The van der Waals surface area contributed by atoms with Gasteiger partial charge in [-0.05, 0) is 19.4 Å². The van der Waals surface area contributed by atoms with Gasteiger partial charge in [-0.2, -0.15) is 0 Å². The number of nitro groups is 1. The second-order valence-electron chi connectivity index (χ2n) is 3.91. The summed E-state index contributed by atoms with van der Waals surface area (Å²) in [6.07, 6.45) is 0.348. The maximum absolute atomic E-state index is 10.7. The largest absolute Gasteiger partial charge is 0.385 e. The van der Waals surface area contributed by atoms with Gasteiger partial charge in [-0.3, -0.25) is 10.1 Å². The van der Waals surface area contributed by atoms with Gasteiger partial charge in [-0.1, -0.05) is 6.07 Å². The van der Waals surface area contributed by atoms with E-state index in [0.717, 1.165) is 0 Å². The molecule has 0 fully saturated rings. The van der Waals surface area contributed by atoms with Crippen LogP contribution in [0, 0.1) is 17.0 Å². The minimum Gasteiger partial charge on any atom is -0.385 e. The highest BCUT2D eigenvalue weighted by atomic mass is 32.2. The number of nitrogens with one attached hydrogen (secondary N) is 1. The number of aryl methyl sites for hydroxylation is 1. The number of nitrogens with zero attached hydrogens (tertiary/aromatic N) is 1. The number of hydrogen-bond acceptors (Lipinski definition) is 5. The Bertz CT molecular complexity index is 542. The highest BCUT2D eigenvalue weighted by molar-refractivity contribution is 7.89. The van der Waals surface area contributed by atoms with Crippen LogP contribution < -0.4 is 10.5 Å². The number of sulfonamides is 1. The second kappa shape index (κ2) is 5.78. The number of anilines is 1. The molecule has 1 aromatic carbocycles. The van der Waals surface area contributed by atoms with Gasteiger partial charge in [0.05, 0.1) is 10.7 Å². The number of nitro benzene ring substituents is 1. The van der Waals surface area contributed by atoms with Crippen LogP contribution >= 0.6 is 0 Å². The molecule has 0 aliphatic heterocycles. The summed E-state index contributed by atoms with van der Waals surface area (Å²) in [4.78, 5) is 10.3. The molecule has 0 aromatic heterocycles. The number of rotatable bonds is 6. The zero-order valence-electron chi connectivity index (χ0n) is 9.92. The lowest BCUT2D eigenvalue weighted by atomic mass is 10.2. The Hall–Kier alpha value is -1.67. The third kappa shape index (κ3) is 4.68. The first-order valence-electron chi connectivity index (χ1n) is 5.29. The van der Waals surface area contributed by atoms with E-state index in [0.29, 0.717) is 24.2 Å². The number of nitrogens with two attached hydrogens (primary N) is 1. The molecule has 0 aliphatic rings. The topological polar surface area (TPSA) is 115 Å². The molecule has 1 aromatic rings. The van der Waals surface area contributed by atoms with Crippen molar-refractivity contribution >= 4 is 21.4 Å². The lowest BCUT2D eigenvalue weighted by molar-refractivity contribution is -0.385. The summed E-state index contributed by atoms with van der Waals surface area (Å²) in [6.45, 7) is 2.04. The van der Waals surface area contributed by atoms with E-state index in [1.54, 1.807) is 19.1 Å². The van der Waals surface area contributed by atoms with Crippen LogP contribution in [0.3, 0.4) is 0 Å². The molecule has 0 heterocycles. The normalized spacial score (nSPS) is 11.2. The molecule has 7 nitrogen and oxygen atoms in total. The van der Waals surface area contributed by atoms with E-state index in [9.17, 15) is 18.5 Å². The van der Waals surface area contributed by atoms with Gasteiger partial charge >= 0.3 is 0 Å². The molecule has 0 atom stereocenters. The standard InChI is InChI=1S/C10H15N3O4S/c1-8-3-4-9(7-10(8)13(14)15)12-5-2-6-18(11,16)17/h3-4,7,12H,2,5-6H2,1H3,(H2,11,16,17). The molecule has 0 bridgehead atoms. The van der Waals surface area contributed by atoms with Crippen molar-refractivity contribution in [2.75, 3.05) is 17.6 Å². The van der Waals surface area contributed by atoms with E-state index in [2.05, 4.69) is 5.32 Å². The summed E-state index contributed by atoms with van der Waals surface area (Å²) in [5.74, 6) is -0.117. The van der Waals surface area contributed by atoms with Crippen molar-refractivity contribution in [1.29, 1.82) is 0 Å². The summed E-state index contributed by atoms with van der Waals surface area (Å²) >= 11 is 0. The number of benzene rings is 1. The first-order chi connectivity index (χ1) is 8.29. The molecule has 0 saturated carbocycles. The van der Waals surface area contributed by atoms with Crippen molar-refractivity contribution in [1.82, 2.24) is 0 Å². The van der Waals surface area contributed by atoms with Crippen LogP contribution in [0.2, 0.25) is 0 Å². The molecular weight excluding hydrogens is 258 g/mol. The molecule has 18 heavy (non-hydrogen) atoms. The van der Waals surface area contributed by atoms with Crippen molar-refractivity contribution in [2.45, 2.75) is 13.3 Å². The zero-order chi connectivity index (χ0) is 13.8. The monoisotopic (exact) mass is 273 g/mol. The minimum atomic E-state index is -3.46. The Labute approximate surface area is 105 Å². The lowest BCUT2D eigenvalue weighted by Crippen LogP contribution is -2.18. The predicted octanol–water partition coefficient (Wildman–Crippen LogP) is 0.994. The van der Waals surface area contributed by atoms with E-state index in [1.807, 2.05) is 0 Å². The maximum atomic E-state index is 10.7. The third-order valence-corrected chi connectivity index (χ3v) is 3.20. The van der Waals surface area contributed by atoms with Crippen LogP contribution in [0.5, 0.6) is 0 Å². The average Bonchev–Trinajstić information content (AvgIpc) is 2.24. The molecular formula is C10H15N3O4S. The fourth-order valence-electron chi connectivity index (χ4n) is 1.42. The number of primary sulfonamides is 1. The van der Waals surface area contributed by atoms with Gasteiger partial charge in [-0.15, -0.1) is 0 Å². The quantitative estimate of drug-likeness (QED) is 0.455. The third-order valence-electron chi connectivity index (χ3n) is 2.34. The van der Waals surface area contributed by atoms with Crippen molar-refractivity contribution in [3.63, 3.8) is 0 Å². The van der Waals surface area contributed by atoms with Gasteiger partial charge < -0.3 is 5.32 Å². The summed E-state index contributed by atoms with van der Waals surface area (Å²) in [7, 11) is -3.46. The summed E-state index contributed by atoms with van der Waals surface area (Å²) in [5.41, 5.74) is 1.20. The fraction of sp³-hybridized carbons (Fsp3) is 0.400. The van der Waals surface area contributed by atoms with E-state index in [1.165, 1.54) is 6.07 Å². The SMILES string of the molecule is Cc1ccc(NCCCS(N)(=O)=O)cc1[N+](=O)[O-]. The van der Waals surface area contributed by atoms with Gasteiger partial charge in [0.25, 0.3) is 5.69 Å². The first-order valence-corrected chi connectivity index (χ1v) is 7.00. The Morgan fingerprint density at radius 2 is 2.11 bits per heavy atom. The molecule has 0 saturated heterocycles. The highest BCUT2D eigenvalue weighted by Gasteiger charge is 2.10. The zero-order valence-corrected chi connectivity index (χ0v) is 10.7. The van der Waals surface area contributed by atoms with E-state index in [-0.39, 0.29) is 11.4 Å². The predicted molar refractivity (Wildman–Crippen MR) is 68.9 cm³/mol. The Balaban J connectivity index is 2.58. The average molecular weight is 273 g/mol. The molecule has 0 radical (unpaired) electrons. The molecule has 3 N–H and O–H groups in total. The molecule has 1 rings (SSSR count). The Morgan fingerprint density at radius 1 is 1.44 bits per heavy atom. The van der Waals surface area contributed by atoms with Gasteiger partial charge in [-0.25, -0.2) is 13.6 Å². The van der Waals surface area contributed by atoms with Crippen LogP contribution in [-0.2, 0) is 10.0 Å². The van der Waals surface area contributed by atoms with E-state index >= 15 is 0 Å². The van der Waals surface area contributed by atoms with Gasteiger partial charge in [0, 0.05) is 23.9 Å². The molecule has 0 spiro atoms. The molecule has 8 heteroatoms. The van der Waals surface area contributed by atoms with Gasteiger partial charge in [0.1, 0.15) is 0 Å². The minimum absolute atomic E-state index is 0.0337. The number of hydrogen-bond donors (Lipinski definition) is 2. The van der Waals surface area contributed by atoms with Crippen LogP contribution in [-0.4, -0.2) is 25.6 Å². The summed E-state index contributed by atoms with van der Waals surface area (Å²) in [6, 6.07) is 4.77. The van der Waals surface area contributed by atoms with Crippen molar-refractivity contribution in [3.8, 4) is 0 Å². The Morgan fingerprint density at radius 3 is 2.67 bits per heavy atom. The van der Waals surface area contributed by atoms with Crippen molar-refractivity contribution < 1.29 is 13.3 Å². The molecule has 0 aliphatic carbocycles.